The Morgan fingerprint density at radius 2 is 1.04 bits per heavy atom. The molecule has 117 valence electrons. The number of esters is 1. The summed E-state index contributed by atoms with van der Waals surface area (Å²) in [6.45, 7) is 0. The first-order valence-electron chi connectivity index (χ1n) is 7.21. The van der Waals surface area contributed by atoms with Crippen LogP contribution < -0.4 is 4.74 Å². The van der Waals surface area contributed by atoms with Gasteiger partial charge in [-0.1, -0.05) is 78.9 Å². The number of para-hydroxylation sites is 1. The minimum absolute atomic E-state index is 0. The molecule has 0 amide bonds. The summed E-state index contributed by atoms with van der Waals surface area (Å²) in [7, 11) is 0. The van der Waals surface area contributed by atoms with E-state index in [-0.39, 0.29) is 25.4 Å². The molecule has 0 fully saturated rings. The average molecular weight is 391 g/mol. The maximum Gasteiger partial charge on any atom is 0.323 e. The van der Waals surface area contributed by atoms with Crippen LogP contribution in [0.4, 0.5) is 0 Å². The summed E-state index contributed by atoms with van der Waals surface area (Å²) in [6.07, 6.45) is 0. The molecule has 0 aromatic heterocycles. The number of carbonyl (C=O) groups excluding carboxylic acids is 1. The van der Waals surface area contributed by atoms with Crippen molar-refractivity contribution in [3.63, 3.8) is 0 Å². The number of ether oxygens (including phenoxy) is 1. The van der Waals surface area contributed by atoms with Crippen LogP contribution >= 0.6 is 0 Å². The molecular formula is C20H16O2Rh. The van der Waals surface area contributed by atoms with Crippen LogP contribution in [0.2, 0.25) is 0 Å². The molecule has 0 saturated heterocycles. The van der Waals surface area contributed by atoms with Gasteiger partial charge in [0.15, 0.2) is 0 Å². The van der Waals surface area contributed by atoms with Gasteiger partial charge < -0.3 is 4.74 Å². The fourth-order valence-electron chi connectivity index (χ4n) is 2.42. The molecule has 3 heteroatoms. The predicted octanol–water partition coefficient (Wildman–Crippen LogP) is 4.42. The molecular weight excluding hydrogens is 375 g/mol. The number of rotatable bonds is 4. The Balaban J connectivity index is 0.00000192. The third-order valence-corrected chi connectivity index (χ3v) is 3.46. The Labute approximate surface area is 148 Å². The van der Waals surface area contributed by atoms with Crippen LogP contribution in [0.5, 0.6) is 5.75 Å². The fourth-order valence-corrected chi connectivity index (χ4v) is 2.42. The standard InChI is InChI=1S/C20H16O2.Rh/c21-20(22-18-14-8-3-9-15-18)19(16-10-4-1-5-11-16)17-12-6-2-7-13-17;/h1-15,19H;. The molecule has 2 nitrogen and oxygen atoms in total. The number of carbonyl (C=O) groups is 1. The minimum Gasteiger partial charge on any atom is -0.426 e. The van der Waals surface area contributed by atoms with E-state index in [2.05, 4.69) is 0 Å². The molecule has 0 spiro atoms. The van der Waals surface area contributed by atoms with Gasteiger partial charge in [-0.2, -0.15) is 0 Å². The van der Waals surface area contributed by atoms with Crippen molar-refractivity contribution in [2.24, 2.45) is 0 Å². The van der Waals surface area contributed by atoms with Crippen LogP contribution in [-0.4, -0.2) is 5.97 Å². The van der Waals surface area contributed by atoms with Gasteiger partial charge in [0, 0.05) is 19.5 Å². The molecule has 0 bridgehead atoms. The van der Waals surface area contributed by atoms with Crippen LogP contribution in [-0.2, 0) is 24.3 Å². The fraction of sp³-hybridized carbons (Fsp3) is 0.0500. The Morgan fingerprint density at radius 3 is 1.48 bits per heavy atom. The first kappa shape index (κ1) is 17.1. The van der Waals surface area contributed by atoms with E-state index in [0.29, 0.717) is 5.75 Å². The molecule has 0 N–H and O–H groups in total. The van der Waals surface area contributed by atoms with E-state index in [1.165, 1.54) is 0 Å². The van der Waals surface area contributed by atoms with Gasteiger partial charge in [0.05, 0.1) is 0 Å². The summed E-state index contributed by atoms with van der Waals surface area (Å²) in [5.41, 5.74) is 1.85. The van der Waals surface area contributed by atoms with E-state index in [9.17, 15) is 4.79 Å². The molecule has 0 atom stereocenters. The quantitative estimate of drug-likeness (QED) is 0.374. The predicted molar refractivity (Wildman–Crippen MR) is 86.8 cm³/mol. The van der Waals surface area contributed by atoms with Gasteiger partial charge in [-0.25, -0.2) is 0 Å². The van der Waals surface area contributed by atoms with Crippen molar-refractivity contribution in [1.82, 2.24) is 0 Å². The van der Waals surface area contributed by atoms with Crippen LogP contribution in [0.3, 0.4) is 0 Å². The van der Waals surface area contributed by atoms with E-state index in [1.54, 1.807) is 12.1 Å². The third kappa shape index (κ3) is 4.37. The summed E-state index contributed by atoms with van der Waals surface area (Å²) in [5, 5.41) is 0. The molecule has 0 aliphatic carbocycles. The SMILES string of the molecule is O=C(Oc1ccccc1)C(c1ccccc1)c1ccccc1.[Rh]. The van der Waals surface area contributed by atoms with Crippen LogP contribution in [0, 0.1) is 0 Å². The zero-order valence-electron chi connectivity index (χ0n) is 12.4. The summed E-state index contributed by atoms with van der Waals surface area (Å²) in [4.78, 5) is 12.7. The Kier molecular flexibility index (Phi) is 6.25. The molecule has 23 heavy (non-hydrogen) atoms. The zero-order chi connectivity index (χ0) is 15.2. The molecule has 1 radical (unpaired) electrons. The van der Waals surface area contributed by atoms with Crippen molar-refractivity contribution in [3.8, 4) is 5.75 Å². The molecule has 0 aliphatic heterocycles. The van der Waals surface area contributed by atoms with E-state index in [1.807, 2.05) is 78.9 Å². The van der Waals surface area contributed by atoms with Gasteiger partial charge in [-0.3, -0.25) is 4.79 Å². The summed E-state index contributed by atoms with van der Waals surface area (Å²) in [5.74, 6) is -0.143. The second-order valence-electron chi connectivity index (χ2n) is 4.99. The van der Waals surface area contributed by atoms with Crippen molar-refractivity contribution >= 4 is 5.97 Å². The van der Waals surface area contributed by atoms with Crippen molar-refractivity contribution in [2.75, 3.05) is 0 Å². The molecule has 0 saturated carbocycles. The Bertz CT molecular complexity index is 688. The largest absolute Gasteiger partial charge is 0.426 e. The summed E-state index contributed by atoms with van der Waals surface area (Å²) in [6, 6.07) is 28.6. The number of benzene rings is 3. The zero-order valence-corrected chi connectivity index (χ0v) is 14.0. The maximum absolute atomic E-state index is 12.7. The number of hydrogen-bond acceptors (Lipinski definition) is 2. The third-order valence-electron chi connectivity index (χ3n) is 3.46. The second kappa shape index (κ2) is 8.40. The van der Waals surface area contributed by atoms with Gasteiger partial charge in [-0.15, -0.1) is 0 Å². The number of hydrogen-bond donors (Lipinski definition) is 0. The Morgan fingerprint density at radius 1 is 0.652 bits per heavy atom. The topological polar surface area (TPSA) is 26.3 Å². The van der Waals surface area contributed by atoms with E-state index < -0.39 is 5.92 Å². The van der Waals surface area contributed by atoms with Gasteiger partial charge in [0.25, 0.3) is 0 Å². The average Bonchev–Trinajstić information content (AvgIpc) is 2.58. The summed E-state index contributed by atoms with van der Waals surface area (Å²) >= 11 is 0. The minimum atomic E-state index is -0.428. The smallest absolute Gasteiger partial charge is 0.323 e. The van der Waals surface area contributed by atoms with Gasteiger partial charge in [-0.05, 0) is 23.3 Å². The Hall–Kier alpha value is -2.25. The second-order valence-corrected chi connectivity index (χ2v) is 4.99. The molecule has 0 unspecified atom stereocenters. The first-order chi connectivity index (χ1) is 10.8. The van der Waals surface area contributed by atoms with Gasteiger partial charge >= 0.3 is 5.97 Å². The molecule has 3 aromatic rings. The molecule has 0 heterocycles. The van der Waals surface area contributed by atoms with Crippen LogP contribution in [0.25, 0.3) is 0 Å². The molecule has 3 aromatic carbocycles. The first-order valence-corrected chi connectivity index (χ1v) is 7.21. The normalized spacial score (nSPS) is 9.96. The summed E-state index contributed by atoms with van der Waals surface area (Å²) < 4.78 is 5.55. The van der Waals surface area contributed by atoms with Crippen LogP contribution in [0.1, 0.15) is 17.0 Å². The van der Waals surface area contributed by atoms with Crippen LogP contribution in [0.15, 0.2) is 91.0 Å². The van der Waals surface area contributed by atoms with Gasteiger partial charge in [0.1, 0.15) is 11.7 Å². The molecule has 0 aliphatic rings. The van der Waals surface area contributed by atoms with Crippen molar-refractivity contribution in [2.45, 2.75) is 5.92 Å². The van der Waals surface area contributed by atoms with E-state index in [0.717, 1.165) is 11.1 Å². The molecule has 3 rings (SSSR count). The van der Waals surface area contributed by atoms with E-state index in [4.69, 9.17) is 4.74 Å². The van der Waals surface area contributed by atoms with Crippen molar-refractivity contribution in [1.29, 1.82) is 0 Å². The van der Waals surface area contributed by atoms with Crippen molar-refractivity contribution < 1.29 is 29.0 Å². The van der Waals surface area contributed by atoms with E-state index >= 15 is 0 Å². The van der Waals surface area contributed by atoms with Crippen molar-refractivity contribution in [3.05, 3.63) is 102 Å². The monoisotopic (exact) mass is 391 g/mol. The maximum atomic E-state index is 12.7. The van der Waals surface area contributed by atoms with Gasteiger partial charge in [0.2, 0.25) is 0 Å².